The minimum absolute atomic E-state index is 0.0205. The first-order chi connectivity index (χ1) is 17.8. The fraction of sp³-hybridized carbons (Fsp3) is 0.308. The third-order valence-corrected chi connectivity index (χ3v) is 7.90. The summed E-state index contributed by atoms with van der Waals surface area (Å²) in [6, 6.07) is 7.19. The lowest BCUT2D eigenvalue weighted by atomic mass is 9.91. The van der Waals surface area contributed by atoms with Crippen molar-refractivity contribution in [3.8, 4) is 5.75 Å². The monoisotopic (exact) mass is 546 g/mol. The number of anilines is 1. The zero-order valence-corrected chi connectivity index (χ0v) is 22.4. The Kier molecular flexibility index (Phi) is 7.20. The molecular weight excluding hydrogens is 518 g/mol. The molecular formula is C26H28F2N4O5S. The molecule has 1 aliphatic rings. The van der Waals surface area contributed by atoms with Crippen molar-refractivity contribution in [2.75, 3.05) is 37.7 Å². The number of carboxylic acids is 1. The summed E-state index contributed by atoms with van der Waals surface area (Å²) in [5.74, 6) is -3.54. The third kappa shape index (κ3) is 5.08. The number of hydrogen-bond donors (Lipinski definition) is 2. The van der Waals surface area contributed by atoms with Gasteiger partial charge in [-0.2, -0.15) is 5.10 Å². The zero-order chi connectivity index (χ0) is 27.9. The molecule has 2 aromatic carbocycles. The number of ether oxygens (including phenoxy) is 1. The molecule has 4 rings (SSSR count). The highest BCUT2D eigenvalue weighted by Crippen LogP contribution is 2.48. The first-order valence-corrected chi connectivity index (χ1v) is 14.4. The molecule has 0 fully saturated rings. The van der Waals surface area contributed by atoms with Crippen molar-refractivity contribution in [3.63, 3.8) is 0 Å². The Morgan fingerprint density at radius 2 is 1.76 bits per heavy atom. The lowest BCUT2D eigenvalue weighted by Gasteiger charge is -2.36. The van der Waals surface area contributed by atoms with Crippen LogP contribution >= 0.6 is 10.0 Å². The van der Waals surface area contributed by atoms with Gasteiger partial charge in [0.1, 0.15) is 29.1 Å². The Bertz CT molecular complexity index is 1430. The van der Waals surface area contributed by atoms with E-state index in [-0.39, 0.29) is 28.5 Å². The van der Waals surface area contributed by atoms with E-state index in [1.165, 1.54) is 19.1 Å². The van der Waals surface area contributed by atoms with Gasteiger partial charge in [0.15, 0.2) is 5.69 Å². The van der Waals surface area contributed by atoms with Gasteiger partial charge in [-0.3, -0.25) is 14.3 Å². The van der Waals surface area contributed by atoms with E-state index in [1.807, 2.05) is 0 Å². The Hall–Kier alpha value is -3.93. The lowest BCUT2D eigenvalue weighted by Crippen LogP contribution is -2.45. The van der Waals surface area contributed by atoms with E-state index < -0.39 is 45.5 Å². The molecule has 2 amide bonds. The molecule has 0 saturated heterocycles. The van der Waals surface area contributed by atoms with Crippen LogP contribution in [0.2, 0.25) is 0 Å². The number of nitrogens with zero attached hydrogens (tertiary/aromatic N) is 3. The number of aromatic nitrogens is 2. The molecule has 0 aliphatic carbocycles. The SMILES string of the molecule is COc1ccc2c(c1)CCN(C(=O)c1cc(C(=O)O)nn1C)C2C(=O)Nc1cc(F)c(S(C)(C)C)c(F)c1. The van der Waals surface area contributed by atoms with E-state index >= 15 is 0 Å². The third-order valence-electron chi connectivity index (χ3n) is 6.28. The summed E-state index contributed by atoms with van der Waals surface area (Å²) < 4.78 is 36.1. The molecule has 38 heavy (non-hydrogen) atoms. The number of hydrogen-bond acceptors (Lipinski definition) is 5. The predicted molar refractivity (Wildman–Crippen MR) is 139 cm³/mol. The van der Waals surface area contributed by atoms with Gasteiger partial charge in [0.2, 0.25) is 0 Å². The number of halogens is 2. The number of carbonyl (C=O) groups is 3. The van der Waals surface area contributed by atoms with Crippen LogP contribution in [-0.4, -0.2) is 70.0 Å². The molecule has 1 atom stereocenters. The van der Waals surface area contributed by atoms with Crippen molar-refractivity contribution in [1.29, 1.82) is 0 Å². The summed E-state index contributed by atoms with van der Waals surface area (Å²) in [6.45, 7) is 0.125. The topological polar surface area (TPSA) is 114 Å². The average Bonchev–Trinajstić information content (AvgIpc) is 3.22. The number of carbonyl (C=O) groups excluding carboxylic acids is 2. The van der Waals surface area contributed by atoms with Gasteiger partial charge in [-0.15, -0.1) is 0 Å². The van der Waals surface area contributed by atoms with Crippen molar-refractivity contribution in [1.82, 2.24) is 14.7 Å². The van der Waals surface area contributed by atoms with Crippen LogP contribution in [0.25, 0.3) is 0 Å². The molecule has 1 aromatic heterocycles. The van der Waals surface area contributed by atoms with E-state index in [4.69, 9.17) is 4.74 Å². The standard InChI is InChI=1S/C26H28F2N4O5S/c1-31-21(13-20(30-31)26(35)36)25(34)32-9-8-14-10-16(37-2)6-7-17(14)22(32)24(33)29-15-11-18(27)23(19(28)12-15)38(3,4)5/h6-7,10-13,22H,8-9H2,1-5H3,(H,29,33)(H,35,36). The summed E-state index contributed by atoms with van der Waals surface area (Å²) in [5, 5.41) is 15.7. The Morgan fingerprint density at radius 3 is 2.32 bits per heavy atom. The molecule has 2 N–H and O–H groups in total. The van der Waals surface area contributed by atoms with Gasteiger partial charge >= 0.3 is 5.97 Å². The molecule has 12 heteroatoms. The molecule has 0 saturated carbocycles. The molecule has 2 heterocycles. The minimum atomic E-state index is -1.71. The smallest absolute Gasteiger partial charge is 0.356 e. The lowest BCUT2D eigenvalue weighted by molar-refractivity contribution is -0.121. The number of fused-ring (bicyclic) bond motifs is 1. The zero-order valence-electron chi connectivity index (χ0n) is 21.5. The van der Waals surface area contributed by atoms with E-state index in [0.717, 1.165) is 28.4 Å². The molecule has 0 bridgehead atoms. The summed E-state index contributed by atoms with van der Waals surface area (Å²) in [6.07, 6.45) is 5.69. The van der Waals surface area contributed by atoms with Gasteiger partial charge in [0.25, 0.3) is 11.8 Å². The van der Waals surface area contributed by atoms with E-state index in [2.05, 4.69) is 10.4 Å². The van der Waals surface area contributed by atoms with E-state index in [1.54, 1.807) is 37.0 Å². The number of benzene rings is 2. The highest BCUT2D eigenvalue weighted by molar-refractivity contribution is 8.32. The quantitative estimate of drug-likeness (QED) is 0.486. The Balaban J connectivity index is 1.74. The maximum Gasteiger partial charge on any atom is 0.356 e. The second-order valence-corrected chi connectivity index (χ2v) is 13.7. The van der Waals surface area contributed by atoms with Gasteiger partial charge in [-0.05, 0) is 60.6 Å². The van der Waals surface area contributed by atoms with Crippen LogP contribution in [-0.2, 0) is 18.3 Å². The van der Waals surface area contributed by atoms with Gasteiger partial charge in [0.05, 0.1) is 12.0 Å². The van der Waals surface area contributed by atoms with Crippen molar-refractivity contribution < 1.29 is 33.0 Å². The fourth-order valence-electron chi connectivity index (χ4n) is 4.58. The molecule has 1 aliphatic heterocycles. The second-order valence-electron chi connectivity index (χ2n) is 9.65. The number of aryl methyl sites for hydroxylation is 1. The second kappa shape index (κ2) is 10.1. The summed E-state index contributed by atoms with van der Waals surface area (Å²) in [5.41, 5.74) is 0.867. The van der Waals surface area contributed by atoms with Crippen molar-refractivity contribution in [3.05, 3.63) is 70.5 Å². The number of amides is 2. The summed E-state index contributed by atoms with van der Waals surface area (Å²) in [7, 11) is 1.23. The van der Waals surface area contributed by atoms with E-state index in [9.17, 15) is 28.3 Å². The van der Waals surface area contributed by atoms with Crippen LogP contribution < -0.4 is 10.1 Å². The summed E-state index contributed by atoms with van der Waals surface area (Å²) in [4.78, 5) is 39.9. The highest BCUT2D eigenvalue weighted by Gasteiger charge is 2.38. The van der Waals surface area contributed by atoms with Crippen LogP contribution in [0, 0.1) is 11.6 Å². The Labute approximate surface area is 219 Å². The number of methoxy groups -OCH3 is 1. The van der Waals surface area contributed by atoms with Crippen LogP contribution in [0.5, 0.6) is 5.75 Å². The van der Waals surface area contributed by atoms with Crippen molar-refractivity contribution >= 4 is 33.5 Å². The predicted octanol–water partition coefficient (Wildman–Crippen LogP) is 3.84. The first-order valence-electron chi connectivity index (χ1n) is 11.5. The van der Waals surface area contributed by atoms with Crippen LogP contribution in [0.1, 0.15) is 38.1 Å². The molecule has 3 aromatic rings. The number of carboxylic acid groups (broad SMARTS) is 1. The van der Waals surface area contributed by atoms with Crippen LogP contribution in [0.3, 0.4) is 0 Å². The minimum Gasteiger partial charge on any atom is -0.497 e. The maximum absolute atomic E-state index is 14.9. The number of nitrogens with one attached hydrogen (secondary N) is 1. The highest BCUT2D eigenvalue weighted by atomic mass is 32.3. The molecule has 202 valence electrons. The summed E-state index contributed by atoms with van der Waals surface area (Å²) >= 11 is 0. The molecule has 0 spiro atoms. The van der Waals surface area contributed by atoms with Gasteiger partial charge in [-0.1, -0.05) is 6.07 Å². The van der Waals surface area contributed by atoms with Crippen molar-refractivity contribution in [2.45, 2.75) is 17.4 Å². The molecule has 1 unspecified atom stereocenters. The molecule has 0 radical (unpaired) electrons. The molecule has 9 nitrogen and oxygen atoms in total. The van der Waals surface area contributed by atoms with Gasteiger partial charge in [-0.25, -0.2) is 23.6 Å². The normalized spacial score (nSPS) is 15.6. The fourth-order valence-corrected chi connectivity index (χ4v) is 5.87. The van der Waals surface area contributed by atoms with Gasteiger partial charge < -0.3 is 20.1 Å². The van der Waals surface area contributed by atoms with Gasteiger partial charge in [0, 0.05) is 25.3 Å². The van der Waals surface area contributed by atoms with E-state index in [0.29, 0.717) is 17.7 Å². The number of aromatic carboxylic acids is 1. The number of rotatable bonds is 6. The van der Waals surface area contributed by atoms with Crippen molar-refractivity contribution in [2.24, 2.45) is 7.05 Å². The average molecular weight is 547 g/mol. The Morgan fingerprint density at radius 1 is 1.11 bits per heavy atom. The van der Waals surface area contributed by atoms with Crippen LogP contribution in [0.15, 0.2) is 41.3 Å². The largest absolute Gasteiger partial charge is 0.497 e. The van der Waals surface area contributed by atoms with Crippen LogP contribution in [0.4, 0.5) is 14.5 Å². The maximum atomic E-state index is 14.9. The first kappa shape index (κ1) is 27.1.